The first-order valence-corrected chi connectivity index (χ1v) is 4.66. The van der Waals surface area contributed by atoms with E-state index in [1.165, 1.54) is 0 Å². The summed E-state index contributed by atoms with van der Waals surface area (Å²) in [4.78, 5) is 10.4. The number of rotatable bonds is 3. The second kappa shape index (κ2) is 3.52. The lowest BCUT2D eigenvalue weighted by atomic mass is 10.6. The van der Waals surface area contributed by atoms with Crippen LogP contribution in [-0.2, 0) is 14.6 Å². The topological polar surface area (TPSA) is 89.3 Å². The van der Waals surface area contributed by atoms with Crippen molar-refractivity contribution in [3.8, 4) is 0 Å². The number of carbonyl (C=O) groups excluding carboxylic acids is 1. The average Bonchev–Trinajstić information content (AvgIpc) is 1.81. The lowest BCUT2D eigenvalue weighted by Crippen LogP contribution is -2.33. The monoisotopic (exact) mass is 166 g/mol. The summed E-state index contributed by atoms with van der Waals surface area (Å²) in [6, 6.07) is 0. The van der Waals surface area contributed by atoms with Gasteiger partial charge in [0.25, 0.3) is 0 Å². The second-order valence-corrected chi connectivity index (χ2v) is 4.01. The molecule has 0 radical (unpaired) electrons. The van der Waals surface area contributed by atoms with Gasteiger partial charge in [-0.25, -0.2) is 8.42 Å². The molecule has 0 saturated heterocycles. The van der Waals surface area contributed by atoms with Crippen molar-refractivity contribution >= 4 is 15.7 Å². The normalized spacial score (nSPS) is 11.0. The van der Waals surface area contributed by atoms with Gasteiger partial charge in [-0.15, -0.1) is 0 Å². The molecule has 0 fully saturated rings. The van der Waals surface area contributed by atoms with E-state index in [2.05, 4.69) is 5.32 Å². The highest BCUT2D eigenvalue weighted by molar-refractivity contribution is 7.90. The van der Waals surface area contributed by atoms with Crippen molar-refractivity contribution < 1.29 is 13.2 Å². The van der Waals surface area contributed by atoms with Crippen LogP contribution in [0.25, 0.3) is 0 Å². The first-order valence-electron chi connectivity index (χ1n) is 2.60. The molecule has 0 aliphatic heterocycles. The minimum atomic E-state index is -3.12. The number of hydrogen-bond acceptors (Lipinski definition) is 4. The molecule has 3 N–H and O–H groups in total. The Bertz CT molecular complexity index is 209. The van der Waals surface area contributed by atoms with Crippen LogP contribution in [0.3, 0.4) is 0 Å². The summed E-state index contributed by atoms with van der Waals surface area (Å²) in [6.45, 7) is -0.185. The highest BCUT2D eigenvalue weighted by atomic mass is 32.2. The quantitative estimate of drug-likeness (QED) is 0.510. The van der Waals surface area contributed by atoms with Crippen LogP contribution in [0.2, 0.25) is 0 Å². The minimum Gasteiger partial charge on any atom is -0.341 e. The lowest BCUT2D eigenvalue weighted by Gasteiger charge is -1.99. The summed E-state index contributed by atoms with van der Waals surface area (Å²) < 4.78 is 20.8. The van der Waals surface area contributed by atoms with Gasteiger partial charge in [-0.2, -0.15) is 0 Å². The van der Waals surface area contributed by atoms with Crippen molar-refractivity contribution in [2.45, 2.75) is 0 Å². The molecular weight excluding hydrogens is 156 g/mol. The van der Waals surface area contributed by atoms with Gasteiger partial charge in [-0.05, 0) is 0 Å². The second-order valence-electron chi connectivity index (χ2n) is 1.87. The van der Waals surface area contributed by atoms with Gasteiger partial charge in [0.15, 0.2) is 9.84 Å². The number of amides is 1. The van der Waals surface area contributed by atoms with E-state index in [4.69, 9.17) is 5.73 Å². The number of sulfone groups is 1. The van der Waals surface area contributed by atoms with Crippen LogP contribution in [-0.4, -0.2) is 33.0 Å². The van der Waals surface area contributed by atoms with Crippen molar-refractivity contribution in [3.05, 3.63) is 0 Å². The molecule has 0 aromatic rings. The molecule has 0 spiro atoms. The third kappa shape index (κ3) is 5.52. The number of carbonyl (C=O) groups is 1. The van der Waals surface area contributed by atoms with E-state index < -0.39 is 15.7 Å². The summed E-state index contributed by atoms with van der Waals surface area (Å²) in [7, 11) is -3.12. The maximum atomic E-state index is 10.4. The summed E-state index contributed by atoms with van der Waals surface area (Å²) in [5.41, 5.74) is 4.89. The summed E-state index contributed by atoms with van der Waals surface area (Å²) in [6.07, 6.45) is 1.03. The summed E-state index contributed by atoms with van der Waals surface area (Å²) >= 11 is 0. The Balaban J connectivity index is 3.67. The molecule has 0 aromatic carbocycles. The van der Waals surface area contributed by atoms with E-state index in [1.54, 1.807) is 0 Å². The fraction of sp³-hybridized carbons (Fsp3) is 0.750. The minimum absolute atomic E-state index is 0.185. The first-order chi connectivity index (χ1) is 4.45. The Hall–Kier alpha value is -0.620. The maximum Gasteiger partial charge on any atom is 0.234 e. The molecule has 0 unspecified atom stereocenters. The predicted molar refractivity (Wildman–Crippen MR) is 36.9 cm³/mol. The van der Waals surface area contributed by atoms with E-state index in [0.717, 1.165) is 6.26 Å². The van der Waals surface area contributed by atoms with Gasteiger partial charge in [-0.3, -0.25) is 4.79 Å². The molecule has 0 aliphatic carbocycles. The van der Waals surface area contributed by atoms with Gasteiger partial charge in [0.2, 0.25) is 5.91 Å². The zero-order chi connectivity index (χ0) is 8.20. The van der Waals surface area contributed by atoms with Crippen LogP contribution in [0.15, 0.2) is 0 Å². The molecule has 0 aliphatic rings. The molecule has 0 heterocycles. The molecule has 10 heavy (non-hydrogen) atoms. The number of hydrogen-bond donors (Lipinski definition) is 2. The molecule has 0 aromatic heterocycles. The largest absolute Gasteiger partial charge is 0.341 e. The molecule has 0 rings (SSSR count). The molecule has 5 nitrogen and oxygen atoms in total. The Morgan fingerprint density at radius 3 is 2.40 bits per heavy atom. The molecular formula is C4H10N2O3S. The van der Waals surface area contributed by atoms with Crippen LogP contribution in [0.5, 0.6) is 0 Å². The van der Waals surface area contributed by atoms with Gasteiger partial charge >= 0.3 is 0 Å². The van der Waals surface area contributed by atoms with Gasteiger partial charge in [-0.1, -0.05) is 0 Å². The zero-order valence-electron chi connectivity index (χ0n) is 5.62. The third-order valence-corrected chi connectivity index (χ3v) is 1.39. The SMILES string of the molecule is CS(=O)(=O)CNC(=O)CN. The Kier molecular flexibility index (Phi) is 3.31. The standard InChI is InChI=1S/C4H10N2O3S/c1-10(8,9)3-6-4(7)2-5/h2-3,5H2,1H3,(H,6,7). The highest BCUT2D eigenvalue weighted by Crippen LogP contribution is 1.75. The van der Waals surface area contributed by atoms with Gasteiger partial charge in [0.1, 0.15) is 5.88 Å². The van der Waals surface area contributed by atoms with Gasteiger partial charge in [0.05, 0.1) is 6.54 Å². The molecule has 1 amide bonds. The van der Waals surface area contributed by atoms with E-state index in [1.807, 2.05) is 0 Å². The highest BCUT2D eigenvalue weighted by Gasteiger charge is 2.02. The Morgan fingerprint density at radius 1 is 1.60 bits per heavy atom. The molecule has 0 atom stereocenters. The molecule has 0 bridgehead atoms. The fourth-order valence-electron chi connectivity index (χ4n) is 0.284. The summed E-state index contributed by atoms with van der Waals surface area (Å²) in [5, 5.41) is 2.12. The zero-order valence-corrected chi connectivity index (χ0v) is 6.44. The van der Waals surface area contributed by atoms with Crippen LogP contribution in [0.4, 0.5) is 0 Å². The third-order valence-electron chi connectivity index (χ3n) is 0.717. The molecule has 60 valence electrons. The maximum absolute atomic E-state index is 10.4. The lowest BCUT2D eigenvalue weighted by molar-refractivity contribution is -0.119. The first kappa shape index (κ1) is 9.38. The number of nitrogens with one attached hydrogen (secondary N) is 1. The van der Waals surface area contributed by atoms with E-state index in [0.29, 0.717) is 0 Å². The smallest absolute Gasteiger partial charge is 0.234 e. The molecule has 6 heteroatoms. The van der Waals surface area contributed by atoms with Crippen LogP contribution in [0, 0.1) is 0 Å². The van der Waals surface area contributed by atoms with Crippen LogP contribution in [0.1, 0.15) is 0 Å². The Morgan fingerprint density at radius 2 is 2.10 bits per heavy atom. The van der Waals surface area contributed by atoms with Crippen molar-refractivity contribution in [1.82, 2.24) is 5.32 Å². The van der Waals surface area contributed by atoms with Crippen molar-refractivity contribution in [2.24, 2.45) is 5.73 Å². The van der Waals surface area contributed by atoms with Crippen molar-refractivity contribution in [1.29, 1.82) is 0 Å². The fourth-order valence-corrected chi connectivity index (χ4v) is 0.707. The van der Waals surface area contributed by atoms with E-state index in [-0.39, 0.29) is 12.4 Å². The predicted octanol–water partition coefficient (Wildman–Crippen LogP) is -1.94. The van der Waals surface area contributed by atoms with Crippen molar-refractivity contribution in [3.63, 3.8) is 0 Å². The van der Waals surface area contributed by atoms with Crippen LogP contribution >= 0.6 is 0 Å². The molecule has 0 saturated carbocycles. The Labute approximate surface area is 59.5 Å². The van der Waals surface area contributed by atoms with Crippen LogP contribution < -0.4 is 11.1 Å². The number of nitrogens with two attached hydrogens (primary N) is 1. The average molecular weight is 166 g/mol. The van der Waals surface area contributed by atoms with E-state index in [9.17, 15) is 13.2 Å². The van der Waals surface area contributed by atoms with Gasteiger partial charge < -0.3 is 11.1 Å². The van der Waals surface area contributed by atoms with E-state index >= 15 is 0 Å². The van der Waals surface area contributed by atoms with Crippen molar-refractivity contribution in [2.75, 3.05) is 18.7 Å². The van der Waals surface area contributed by atoms with Gasteiger partial charge in [0, 0.05) is 6.26 Å². The summed E-state index contributed by atoms with van der Waals surface area (Å²) in [5.74, 6) is -0.811.